The van der Waals surface area contributed by atoms with Gasteiger partial charge in [0.1, 0.15) is 0 Å². The number of fused-ring (bicyclic) bond motifs is 2. The molecule has 4 rings (SSSR count). The summed E-state index contributed by atoms with van der Waals surface area (Å²) in [6.45, 7) is 4.14. The van der Waals surface area contributed by atoms with Crippen molar-refractivity contribution in [3.05, 3.63) is 65.7 Å². The Balaban J connectivity index is 1.86. The van der Waals surface area contributed by atoms with Gasteiger partial charge in [-0.15, -0.1) is 0 Å². The maximum Gasteiger partial charge on any atom is 0.229 e. The smallest absolute Gasteiger partial charge is 0.229 e. The predicted octanol–water partition coefficient (Wildman–Crippen LogP) is 4.70. The van der Waals surface area contributed by atoms with Crippen LogP contribution in [0.5, 0.6) is 0 Å². The molecule has 0 radical (unpaired) electrons. The molecule has 0 fully saturated rings. The van der Waals surface area contributed by atoms with Gasteiger partial charge in [-0.1, -0.05) is 12.1 Å². The first-order valence-electron chi connectivity index (χ1n) is 9.15. The number of rotatable bonds is 4. The van der Waals surface area contributed by atoms with E-state index < -0.39 is 10.0 Å². The molecule has 0 spiro atoms. The van der Waals surface area contributed by atoms with Gasteiger partial charge in [-0.25, -0.2) is 13.4 Å². The highest BCUT2D eigenvalue weighted by molar-refractivity contribution is 7.92. The van der Waals surface area contributed by atoms with Crippen molar-refractivity contribution in [2.24, 2.45) is 0 Å². The summed E-state index contributed by atoms with van der Waals surface area (Å²) in [6, 6.07) is 17.0. The zero-order valence-corrected chi connectivity index (χ0v) is 17.3. The molecule has 29 heavy (non-hydrogen) atoms. The molecule has 0 aliphatic carbocycles. The van der Waals surface area contributed by atoms with E-state index in [-0.39, 0.29) is 0 Å². The number of nitrogen functional groups attached to an aromatic ring is 1. The average molecular weight is 407 g/mol. The highest BCUT2D eigenvalue weighted by Gasteiger charge is 2.13. The number of nitrogens with two attached hydrogens (primary N) is 1. The summed E-state index contributed by atoms with van der Waals surface area (Å²) >= 11 is 0. The zero-order chi connectivity index (χ0) is 20.8. The largest absolute Gasteiger partial charge is 0.399 e. The fourth-order valence-corrected chi connectivity index (χ4v) is 3.94. The standard InChI is InChI=1S/C22H22N4O2S/c1-13-4-10-19-21(14(13)2)25-20-12-15(23)5-11-18(20)22(19)24-16-6-8-17(9-7-16)26-29(3,27)28/h4-12,26H,23H2,1-3H3,(H,24,25). The molecule has 0 amide bonds. The van der Waals surface area contributed by atoms with Crippen LogP contribution in [0.3, 0.4) is 0 Å². The van der Waals surface area contributed by atoms with Crippen LogP contribution in [0.2, 0.25) is 0 Å². The summed E-state index contributed by atoms with van der Waals surface area (Å²) in [6.07, 6.45) is 1.13. The molecule has 4 N–H and O–H groups in total. The van der Waals surface area contributed by atoms with Gasteiger partial charge in [0.15, 0.2) is 0 Å². The summed E-state index contributed by atoms with van der Waals surface area (Å²) < 4.78 is 25.3. The second-order valence-corrected chi connectivity index (χ2v) is 8.99. The molecule has 1 aromatic heterocycles. The first kappa shape index (κ1) is 19.0. The highest BCUT2D eigenvalue weighted by Crippen LogP contribution is 2.36. The molecule has 0 aliphatic rings. The molecule has 6 nitrogen and oxygen atoms in total. The van der Waals surface area contributed by atoms with Crippen molar-refractivity contribution >= 4 is 54.6 Å². The Bertz CT molecular complexity index is 1350. The van der Waals surface area contributed by atoms with Gasteiger partial charge in [-0.05, 0) is 67.4 Å². The van der Waals surface area contributed by atoms with Crippen molar-refractivity contribution in [2.75, 3.05) is 22.0 Å². The Morgan fingerprint density at radius 1 is 0.897 bits per heavy atom. The summed E-state index contributed by atoms with van der Waals surface area (Å²) in [5, 5.41) is 5.47. The van der Waals surface area contributed by atoms with Gasteiger partial charge >= 0.3 is 0 Å². The normalized spacial score (nSPS) is 11.7. The number of pyridine rings is 1. The summed E-state index contributed by atoms with van der Waals surface area (Å²) in [5.41, 5.74) is 13.0. The summed E-state index contributed by atoms with van der Waals surface area (Å²) in [4.78, 5) is 4.86. The van der Waals surface area contributed by atoms with Crippen LogP contribution in [0.4, 0.5) is 22.7 Å². The van der Waals surface area contributed by atoms with Crippen LogP contribution >= 0.6 is 0 Å². The van der Waals surface area contributed by atoms with Gasteiger partial charge in [-0.3, -0.25) is 4.72 Å². The van der Waals surface area contributed by atoms with Gasteiger partial charge in [0.2, 0.25) is 10.0 Å². The highest BCUT2D eigenvalue weighted by atomic mass is 32.2. The van der Waals surface area contributed by atoms with Gasteiger partial charge < -0.3 is 11.1 Å². The van der Waals surface area contributed by atoms with Crippen molar-refractivity contribution in [1.29, 1.82) is 0 Å². The summed E-state index contributed by atoms with van der Waals surface area (Å²) in [5.74, 6) is 0. The number of hydrogen-bond acceptors (Lipinski definition) is 5. The van der Waals surface area contributed by atoms with Crippen LogP contribution in [0.15, 0.2) is 54.6 Å². The molecular formula is C22H22N4O2S. The third-order valence-corrected chi connectivity index (χ3v) is 5.56. The molecule has 1 heterocycles. The van der Waals surface area contributed by atoms with Crippen LogP contribution in [0.25, 0.3) is 21.8 Å². The van der Waals surface area contributed by atoms with Gasteiger partial charge in [0.05, 0.1) is 23.0 Å². The van der Waals surface area contributed by atoms with Crippen LogP contribution in [0, 0.1) is 13.8 Å². The van der Waals surface area contributed by atoms with Crippen molar-refractivity contribution in [3.63, 3.8) is 0 Å². The van der Waals surface area contributed by atoms with E-state index in [0.717, 1.165) is 45.0 Å². The van der Waals surface area contributed by atoms with Crippen molar-refractivity contribution < 1.29 is 8.42 Å². The van der Waals surface area contributed by atoms with Gasteiger partial charge in [0, 0.05) is 27.8 Å². The van der Waals surface area contributed by atoms with E-state index in [1.54, 1.807) is 12.1 Å². The molecule has 0 saturated heterocycles. The minimum Gasteiger partial charge on any atom is -0.399 e. The van der Waals surface area contributed by atoms with Gasteiger partial charge in [0.25, 0.3) is 0 Å². The molecular weight excluding hydrogens is 384 g/mol. The molecule has 4 aromatic rings. The maximum absolute atomic E-state index is 11.4. The fourth-order valence-electron chi connectivity index (χ4n) is 3.38. The topological polar surface area (TPSA) is 97.1 Å². The number of hydrogen-bond donors (Lipinski definition) is 3. The van der Waals surface area contributed by atoms with Gasteiger partial charge in [-0.2, -0.15) is 0 Å². The fraction of sp³-hybridized carbons (Fsp3) is 0.136. The lowest BCUT2D eigenvalue weighted by Gasteiger charge is -2.16. The number of nitrogens with one attached hydrogen (secondary N) is 2. The zero-order valence-electron chi connectivity index (χ0n) is 16.4. The number of sulfonamides is 1. The molecule has 0 saturated carbocycles. The van der Waals surface area contributed by atoms with Crippen LogP contribution in [-0.4, -0.2) is 19.7 Å². The monoisotopic (exact) mass is 406 g/mol. The average Bonchev–Trinajstić information content (AvgIpc) is 2.65. The number of benzene rings is 3. The quantitative estimate of drug-likeness (QED) is 0.337. The lowest BCUT2D eigenvalue weighted by Crippen LogP contribution is -2.09. The molecule has 0 aliphatic heterocycles. The van der Waals surface area contributed by atoms with Crippen LogP contribution in [0.1, 0.15) is 11.1 Å². The van der Waals surface area contributed by atoms with E-state index in [1.807, 2.05) is 30.3 Å². The minimum atomic E-state index is -3.31. The molecule has 0 atom stereocenters. The van der Waals surface area contributed by atoms with Crippen LogP contribution < -0.4 is 15.8 Å². The van der Waals surface area contributed by atoms with Crippen molar-refractivity contribution in [3.8, 4) is 0 Å². The predicted molar refractivity (Wildman–Crippen MR) is 121 cm³/mol. The Morgan fingerprint density at radius 2 is 1.55 bits per heavy atom. The third kappa shape index (κ3) is 3.82. The van der Waals surface area contributed by atoms with E-state index >= 15 is 0 Å². The van der Waals surface area contributed by atoms with Crippen LogP contribution in [-0.2, 0) is 10.0 Å². The first-order valence-corrected chi connectivity index (χ1v) is 11.0. The second-order valence-electron chi connectivity index (χ2n) is 7.24. The lowest BCUT2D eigenvalue weighted by atomic mass is 10.0. The van der Waals surface area contributed by atoms with Crippen molar-refractivity contribution in [2.45, 2.75) is 13.8 Å². The number of aryl methyl sites for hydroxylation is 2. The first-order chi connectivity index (χ1) is 13.7. The second kappa shape index (κ2) is 6.93. The van der Waals surface area contributed by atoms with E-state index in [2.05, 4.69) is 36.0 Å². The van der Waals surface area contributed by atoms with Crippen molar-refractivity contribution in [1.82, 2.24) is 4.98 Å². The number of anilines is 4. The lowest BCUT2D eigenvalue weighted by molar-refractivity contribution is 0.607. The Morgan fingerprint density at radius 3 is 2.24 bits per heavy atom. The van der Waals surface area contributed by atoms with E-state index in [1.165, 1.54) is 5.56 Å². The Labute approximate surface area is 169 Å². The maximum atomic E-state index is 11.4. The van der Waals surface area contributed by atoms with E-state index in [4.69, 9.17) is 10.7 Å². The van der Waals surface area contributed by atoms with E-state index in [9.17, 15) is 8.42 Å². The number of nitrogens with zero attached hydrogens (tertiary/aromatic N) is 1. The minimum absolute atomic E-state index is 0.515. The molecule has 0 unspecified atom stereocenters. The summed E-state index contributed by atoms with van der Waals surface area (Å²) in [7, 11) is -3.31. The molecule has 0 bridgehead atoms. The Kier molecular flexibility index (Phi) is 4.55. The van der Waals surface area contributed by atoms with E-state index in [0.29, 0.717) is 11.4 Å². The SMILES string of the molecule is Cc1ccc2c(Nc3ccc(NS(C)(=O)=O)cc3)c3ccc(N)cc3nc2c1C. The third-order valence-electron chi connectivity index (χ3n) is 4.95. The Hall–Kier alpha value is -3.32. The molecule has 3 aromatic carbocycles. The molecule has 148 valence electrons. The number of aromatic nitrogens is 1. The molecule has 7 heteroatoms.